The predicted molar refractivity (Wildman–Crippen MR) is 78.2 cm³/mol. The van der Waals surface area contributed by atoms with Gasteiger partial charge in [0.25, 0.3) is 0 Å². The van der Waals surface area contributed by atoms with E-state index < -0.39 is 0 Å². The molecule has 1 N–H and O–H groups in total. The molecular weight excluding hydrogens is 256 g/mol. The zero-order valence-corrected chi connectivity index (χ0v) is 12.3. The number of thiophene rings is 1. The van der Waals surface area contributed by atoms with E-state index in [1.165, 1.54) is 4.88 Å². The van der Waals surface area contributed by atoms with Crippen molar-refractivity contribution in [2.24, 2.45) is 5.92 Å². The van der Waals surface area contributed by atoms with E-state index in [1.807, 2.05) is 0 Å². The molecule has 3 rings (SSSR count). The smallest absolute Gasteiger partial charge is 0.226 e. The highest BCUT2D eigenvalue weighted by molar-refractivity contribution is 7.10. The molecule has 2 fully saturated rings. The van der Waals surface area contributed by atoms with E-state index in [9.17, 15) is 4.79 Å². The maximum absolute atomic E-state index is 12.8. The Morgan fingerprint density at radius 1 is 1.47 bits per heavy atom. The van der Waals surface area contributed by atoms with Crippen LogP contribution >= 0.6 is 11.3 Å². The summed E-state index contributed by atoms with van der Waals surface area (Å²) in [6.45, 7) is 4.11. The summed E-state index contributed by atoms with van der Waals surface area (Å²) in [5, 5.41) is 5.54. The Morgan fingerprint density at radius 2 is 2.37 bits per heavy atom. The lowest BCUT2D eigenvalue weighted by molar-refractivity contribution is -0.137. The van der Waals surface area contributed by atoms with E-state index in [-0.39, 0.29) is 5.92 Å². The average molecular weight is 278 g/mol. The Morgan fingerprint density at radius 3 is 3.11 bits per heavy atom. The molecule has 0 bridgehead atoms. The molecule has 104 valence electrons. The summed E-state index contributed by atoms with van der Waals surface area (Å²) in [7, 11) is 0. The van der Waals surface area contributed by atoms with Crippen molar-refractivity contribution in [3.63, 3.8) is 0 Å². The van der Waals surface area contributed by atoms with Crippen LogP contribution in [0.5, 0.6) is 0 Å². The van der Waals surface area contributed by atoms with Crippen LogP contribution in [0.2, 0.25) is 0 Å². The maximum Gasteiger partial charge on any atom is 0.226 e. The summed E-state index contributed by atoms with van der Waals surface area (Å²) < 4.78 is 0. The molecular formula is C15H22N2OS. The topological polar surface area (TPSA) is 32.3 Å². The highest BCUT2D eigenvalue weighted by Crippen LogP contribution is 2.36. The molecule has 0 saturated carbocycles. The number of nitrogens with zero attached hydrogens (tertiary/aromatic N) is 1. The fraction of sp³-hybridized carbons (Fsp3) is 0.667. The van der Waals surface area contributed by atoms with Gasteiger partial charge in [-0.15, -0.1) is 11.3 Å². The fourth-order valence-electron chi connectivity index (χ4n) is 3.40. The maximum atomic E-state index is 12.8. The molecule has 1 aromatic heterocycles. The van der Waals surface area contributed by atoms with Gasteiger partial charge < -0.3 is 10.2 Å². The molecule has 19 heavy (non-hydrogen) atoms. The quantitative estimate of drug-likeness (QED) is 0.902. The van der Waals surface area contributed by atoms with Crippen molar-refractivity contribution >= 4 is 17.2 Å². The highest BCUT2D eigenvalue weighted by atomic mass is 32.1. The number of nitrogens with one attached hydrogen (secondary N) is 1. The van der Waals surface area contributed by atoms with E-state index >= 15 is 0 Å². The molecule has 2 aliphatic rings. The van der Waals surface area contributed by atoms with Gasteiger partial charge >= 0.3 is 0 Å². The van der Waals surface area contributed by atoms with Crippen molar-refractivity contribution in [2.45, 2.75) is 44.7 Å². The molecule has 3 heterocycles. The minimum atomic E-state index is 0.233. The molecule has 1 amide bonds. The van der Waals surface area contributed by atoms with Crippen molar-refractivity contribution < 1.29 is 4.79 Å². The molecule has 0 radical (unpaired) electrons. The van der Waals surface area contributed by atoms with E-state index in [4.69, 9.17) is 0 Å². The van der Waals surface area contributed by atoms with Gasteiger partial charge in [-0.1, -0.05) is 6.07 Å². The van der Waals surface area contributed by atoms with Crippen LogP contribution in [-0.4, -0.2) is 29.9 Å². The van der Waals surface area contributed by atoms with Crippen LogP contribution < -0.4 is 5.32 Å². The Labute approximate surface area is 119 Å². The zero-order valence-electron chi connectivity index (χ0n) is 11.5. The molecule has 4 heteroatoms. The lowest BCUT2D eigenvalue weighted by Crippen LogP contribution is -2.43. The van der Waals surface area contributed by atoms with Crippen LogP contribution in [-0.2, 0) is 4.79 Å². The first kappa shape index (κ1) is 13.1. The van der Waals surface area contributed by atoms with E-state index in [1.54, 1.807) is 11.3 Å². The second-order valence-electron chi connectivity index (χ2n) is 5.78. The van der Waals surface area contributed by atoms with Gasteiger partial charge in [0.2, 0.25) is 5.91 Å². The van der Waals surface area contributed by atoms with Gasteiger partial charge in [0, 0.05) is 23.4 Å². The number of carbonyl (C=O) groups excluding carboxylic acids is 1. The van der Waals surface area contributed by atoms with Crippen molar-refractivity contribution in [3.8, 4) is 0 Å². The van der Waals surface area contributed by atoms with Gasteiger partial charge in [0.15, 0.2) is 0 Å². The lowest BCUT2D eigenvalue weighted by Gasteiger charge is -2.32. The van der Waals surface area contributed by atoms with Crippen molar-refractivity contribution in [1.82, 2.24) is 10.2 Å². The average Bonchev–Trinajstić information content (AvgIpc) is 3.08. The highest BCUT2D eigenvalue weighted by Gasteiger charge is 2.35. The van der Waals surface area contributed by atoms with E-state index in [0.717, 1.165) is 38.8 Å². The Balaban J connectivity index is 1.71. The van der Waals surface area contributed by atoms with Crippen LogP contribution in [0.15, 0.2) is 17.5 Å². The predicted octanol–water partition coefficient (Wildman–Crippen LogP) is 2.80. The molecule has 0 aromatic carbocycles. The number of piperidine rings is 1. The van der Waals surface area contributed by atoms with Crippen molar-refractivity contribution in [1.29, 1.82) is 0 Å². The van der Waals surface area contributed by atoms with Crippen molar-refractivity contribution in [3.05, 3.63) is 22.4 Å². The number of likely N-dealkylation sites (tertiary alicyclic amines) is 1. The minimum Gasteiger partial charge on any atom is -0.335 e. The number of carbonyl (C=O) groups is 1. The third kappa shape index (κ3) is 2.70. The van der Waals surface area contributed by atoms with Crippen LogP contribution in [0.3, 0.4) is 0 Å². The molecule has 3 nitrogen and oxygen atoms in total. The second-order valence-corrected chi connectivity index (χ2v) is 6.76. The molecule has 1 unspecified atom stereocenters. The first-order chi connectivity index (χ1) is 9.25. The monoisotopic (exact) mass is 278 g/mol. The molecule has 2 saturated heterocycles. The lowest BCUT2D eigenvalue weighted by atomic mass is 9.91. The van der Waals surface area contributed by atoms with Crippen molar-refractivity contribution in [2.75, 3.05) is 13.1 Å². The molecule has 3 atom stereocenters. The van der Waals surface area contributed by atoms with Gasteiger partial charge in [-0.05, 0) is 50.6 Å². The Kier molecular flexibility index (Phi) is 3.89. The zero-order chi connectivity index (χ0) is 13.2. The Hall–Kier alpha value is -0.870. The molecule has 0 spiro atoms. The van der Waals surface area contributed by atoms with Gasteiger partial charge in [-0.25, -0.2) is 0 Å². The van der Waals surface area contributed by atoms with Gasteiger partial charge in [0.1, 0.15) is 0 Å². The third-order valence-electron chi connectivity index (χ3n) is 4.38. The van der Waals surface area contributed by atoms with Crippen LogP contribution in [0, 0.1) is 5.92 Å². The van der Waals surface area contributed by atoms with Crippen LogP contribution in [0.4, 0.5) is 0 Å². The number of hydrogen-bond acceptors (Lipinski definition) is 3. The molecule has 0 aliphatic carbocycles. The van der Waals surface area contributed by atoms with E-state index in [0.29, 0.717) is 18.0 Å². The first-order valence-electron chi connectivity index (χ1n) is 7.33. The SMILES string of the molecule is C[C@H]1C[C@@H](C(=O)N2CCCC2c2cccs2)CCN1. The molecule has 2 aliphatic heterocycles. The molecule has 1 aromatic rings. The fourth-order valence-corrected chi connectivity index (χ4v) is 4.27. The van der Waals surface area contributed by atoms with Gasteiger partial charge in [-0.3, -0.25) is 4.79 Å². The Bertz CT molecular complexity index is 431. The summed E-state index contributed by atoms with van der Waals surface area (Å²) in [6, 6.07) is 5.09. The summed E-state index contributed by atoms with van der Waals surface area (Å²) >= 11 is 1.78. The number of hydrogen-bond donors (Lipinski definition) is 1. The summed E-state index contributed by atoms with van der Waals surface area (Å²) in [5.74, 6) is 0.626. The van der Waals surface area contributed by atoms with E-state index in [2.05, 4.69) is 34.7 Å². The number of amides is 1. The standard InChI is InChI=1S/C15H22N2OS/c1-11-10-12(6-7-16-11)15(18)17-8-2-4-13(17)14-5-3-9-19-14/h3,5,9,11-13,16H,2,4,6-8,10H2,1H3/t11-,12-,13?/m0/s1. The summed E-state index contributed by atoms with van der Waals surface area (Å²) in [6.07, 6.45) is 4.27. The van der Waals surface area contributed by atoms with Gasteiger partial charge in [-0.2, -0.15) is 0 Å². The number of rotatable bonds is 2. The third-order valence-corrected chi connectivity index (χ3v) is 5.35. The van der Waals surface area contributed by atoms with Crippen LogP contribution in [0.25, 0.3) is 0 Å². The minimum absolute atomic E-state index is 0.233. The summed E-state index contributed by atoms with van der Waals surface area (Å²) in [5.41, 5.74) is 0. The second kappa shape index (κ2) is 5.63. The van der Waals surface area contributed by atoms with Crippen LogP contribution in [0.1, 0.15) is 43.5 Å². The largest absolute Gasteiger partial charge is 0.335 e. The van der Waals surface area contributed by atoms with Gasteiger partial charge in [0.05, 0.1) is 6.04 Å². The summed E-state index contributed by atoms with van der Waals surface area (Å²) in [4.78, 5) is 16.3. The normalized spacial score (nSPS) is 31.6. The first-order valence-corrected chi connectivity index (χ1v) is 8.21.